The summed E-state index contributed by atoms with van der Waals surface area (Å²) in [6.45, 7) is 9.01. The third kappa shape index (κ3) is 2.86. The fourth-order valence-corrected chi connectivity index (χ4v) is 6.43. The van der Waals surface area contributed by atoms with Gasteiger partial charge in [0.05, 0.1) is 15.2 Å². The summed E-state index contributed by atoms with van der Waals surface area (Å²) in [5.74, 6) is 0. The molecule has 29 heavy (non-hydrogen) atoms. The minimum Gasteiger partial charge on any atom is -0.253 e. The van der Waals surface area contributed by atoms with Crippen molar-refractivity contribution in [3.8, 4) is 11.1 Å². The molecule has 0 amide bonds. The molecule has 1 aliphatic heterocycles. The molecule has 0 saturated carbocycles. The van der Waals surface area contributed by atoms with Gasteiger partial charge in [-0.1, -0.05) is 72.3 Å². The lowest BCUT2D eigenvalue weighted by Gasteiger charge is -2.16. The maximum Gasteiger partial charge on any atom is 0.0949 e. The van der Waals surface area contributed by atoms with Crippen LogP contribution >= 0.6 is 0 Å². The van der Waals surface area contributed by atoms with Crippen molar-refractivity contribution in [2.45, 2.75) is 39.7 Å². The van der Waals surface area contributed by atoms with Crippen molar-refractivity contribution in [2.75, 3.05) is 0 Å². The van der Waals surface area contributed by atoms with Crippen LogP contribution in [-0.2, 0) is 0 Å². The van der Waals surface area contributed by atoms with Gasteiger partial charge in [-0.3, -0.25) is 4.99 Å². The molecule has 2 heteroatoms. The summed E-state index contributed by atoms with van der Waals surface area (Å²) in [7, 11) is 0.744. The van der Waals surface area contributed by atoms with E-state index in [1.165, 1.54) is 61.2 Å². The van der Waals surface area contributed by atoms with E-state index in [1.54, 1.807) is 0 Å². The number of rotatable bonds is 4. The molecular formula is C27H25NSi. The second-order valence-electron chi connectivity index (χ2n) is 8.12. The Labute approximate surface area is 176 Å². The van der Waals surface area contributed by atoms with Crippen LogP contribution in [0.15, 0.2) is 92.8 Å². The zero-order valence-corrected chi connectivity index (χ0v) is 18.5. The molecule has 0 bridgehead atoms. The molecule has 2 aliphatic carbocycles. The third-order valence-corrected chi connectivity index (χ3v) is 8.26. The van der Waals surface area contributed by atoms with E-state index in [9.17, 15) is 0 Å². The lowest BCUT2D eigenvalue weighted by Crippen LogP contribution is -2.10. The summed E-state index contributed by atoms with van der Waals surface area (Å²) < 4.78 is 0. The highest BCUT2D eigenvalue weighted by Gasteiger charge is 2.31. The molecule has 0 N–H and O–H groups in total. The number of aliphatic imine (C=N–C) groups is 1. The van der Waals surface area contributed by atoms with Crippen molar-refractivity contribution in [1.29, 1.82) is 0 Å². The molecule has 1 nitrogen and oxygen atoms in total. The lowest BCUT2D eigenvalue weighted by molar-refractivity contribution is 1.12. The fraction of sp³-hybridized carbons (Fsp3) is 0.222. The van der Waals surface area contributed by atoms with Crippen molar-refractivity contribution in [2.24, 2.45) is 4.99 Å². The SMILES string of the molecule is CCC1=NC2=CC([Si]C3C(C)=Cc4c(-c5ccccc5)cccc43)=C(C)C2=C1C. The molecule has 3 aliphatic rings. The van der Waals surface area contributed by atoms with Gasteiger partial charge < -0.3 is 0 Å². The van der Waals surface area contributed by atoms with Gasteiger partial charge in [0, 0.05) is 16.8 Å². The van der Waals surface area contributed by atoms with Crippen molar-refractivity contribution in [3.63, 3.8) is 0 Å². The van der Waals surface area contributed by atoms with Crippen molar-refractivity contribution < 1.29 is 0 Å². The number of fused-ring (bicyclic) bond motifs is 2. The summed E-state index contributed by atoms with van der Waals surface area (Å²) in [5, 5.41) is 1.48. The second kappa shape index (κ2) is 6.96. The normalized spacial score (nSPS) is 20.0. The first kappa shape index (κ1) is 18.3. The summed E-state index contributed by atoms with van der Waals surface area (Å²) in [4.78, 5) is 4.89. The van der Waals surface area contributed by atoms with Gasteiger partial charge in [0.2, 0.25) is 0 Å². The molecule has 5 rings (SSSR count). The number of nitrogens with zero attached hydrogens (tertiary/aromatic N) is 1. The van der Waals surface area contributed by atoms with E-state index in [0.717, 1.165) is 15.9 Å². The molecule has 2 aromatic rings. The quantitative estimate of drug-likeness (QED) is 0.504. The predicted octanol–water partition coefficient (Wildman–Crippen LogP) is 6.87. The summed E-state index contributed by atoms with van der Waals surface area (Å²) in [5.41, 5.74) is 14.1. The van der Waals surface area contributed by atoms with E-state index in [0.29, 0.717) is 5.54 Å². The minimum absolute atomic E-state index is 0.477. The summed E-state index contributed by atoms with van der Waals surface area (Å²) in [6.07, 6.45) is 5.77. The van der Waals surface area contributed by atoms with Gasteiger partial charge in [-0.05, 0) is 66.7 Å². The lowest BCUT2D eigenvalue weighted by atomic mass is 9.97. The van der Waals surface area contributed by atoms with Crippen molar-refractivity contribution in [3.05, 3.63) is 98.9 Å². The van der Waals surface area contributed by atoms with Gasteiger partial charge in [0.1, 0.15) is 0 Å². The van der Waals surface area contributed by atoms with E-state index in [2.05, 4.69) is 88.4 Å². The van der Waals surface area contributed by atoms with Gasteiger partial charge in [-0.2, -0.15) is 0 Å². The van der Waals surface area contributed by atoms with Crippen LogP contribution in [0.25, 0.3) is 17.2 Å². The molecule has 2 aromatic carbocycles. The molecule has 0 saturated heterocycles. The van der Waals surface area contributed by atoms with Gasteiger partial charge in [-0.15, -0.1) is 0 Å². The highest BCUT2D eigenvalue weighted by molar-refractivity contribution is 6.50. The average Bonchev–Trinajstić information content (AvgIpc) is 3.34. The zero-order chi connectivity index (χ0) is 20.1. The predicted molar refractivity (Wildman–Crippen MR) is 125 cm³/mol. The molecule has 2 radical (unpaired) electrons. The number of benzene rings is 2. The first-order valence-electron chi connectivity index (χ1n) is 10.4. The fourth-order valence-electron chi connectivity index (χ4n) is 4.84. The van der Waals surface area contributed by atoms with Gasteiger partial charge in [0.15, 0.2) is 0 Å². The molecule has 1 atom stereocenters. The van der Waals surface area contributed by atoms with Crippen LogP contribution in [0.5, 0.6) is 0 Å². The Hall–Kier alpha value is -2.71. The Bertz CT molecular complexity index is 1170. The van der Waals surface area contributed by atoms with E-state index in [4.69, 9.17) is 4.99 Å². The largest absolute Gasteiger partial charge is 0.253 e. The summed E-state index contributed by atoms with van der Waals surface area (Å²) in [6, 6.07) is 17.6. The monoisotopic (exact) mass is 391 g/mol. The maximum absolute atomic E-state index is 4.89. The minimum atomic E-state index is 0.477. The van der Waals surface area contributed by atoms with Crippen LogP contribution in [0, 0.1) is 0 Å². The standard InChI is InChI=1S/C27H25NSi/c1-5-23-17(3)26-18(4)25(15-24(26)28-23)29-27-16(2)14-22-20(12-9-13-21(22)27)19-10-7-6-8-11-19/h6-15,27H,5H2,1-4H3. The van der Waals surface area contributed by atoms with Crippen LogP contribution in [0.4, 0.5) is 0 Å². The van der Waals surface area contributed by atoms with Crippen LogP contribution in [0.2, 0.25) is 0 Å². The number of allylic oxidation sites excluding steroid dienone is 5. The van der Waals surface area contributed by atoms with E-state index in [1.807, 2.05) is 0 Å². The number of hydrogen-bond donors (Lipinski definition) is 0. The van der Waals surface area contributed by atoms with Gasteiger partial charge in [0.25, 0.3) is 0 Å². The highest BCUT2D eigenvalue weighted by atomic mass is 28.2. The van der Waals surface area contributed by atoms with Crippen LogP contribution in [-0.4, -0.2) is 15.2 Å². The smallest absolute Gasteiger partial charge is 0.0949 e. The Morgan fingerprint density at radius 3 is 2.41 bits per heavy atom. The molecule has 1 unspecified atom stereocenters. The van der Waals surface area contributed by atoms with Crippen molar-refractivity contribution >= 4 is 21.3 Å². The Kier molecular flexibility index (Phi) is 4.40. The van der Waals surface area contributed by atoms with E-state index in [-0.39, 0.29) is 0 Å². The zero-order valence-electron chi connectivity index (χ0n) is 17.5. The average molecular weight is 392 g/mol. The number of hydrogen-bond acceptors (Lipinski definition) is 1. The Balaban J connectivity index is 1.51. The molecular weight excluding hydrogens is 366 g/mol. The molecule has 0 fully saturated rings. The Morgan fingerprint density at radius 2 is 1.69 bits per heavy atom. The molecule has 142 valence electrons. The molecule has 0 aromatic heterocycles. The first-order valence-corrected chi connectivity index (χ1v) is 11.5. The van der Waals surface area contributed by atoms with Gasteiger partial charge in [-0.25, -0.2) is 0 Å². The summed E-state index contributed by atoms with van der Waals surface area (Å²) >= 11 is 0. The van der Waals surface area contributed by atoms with Crippen molar-refractivity contribution in [1.82, 2.24) is 0 Å². The molecule has 0 spiro atoms. The third-order valence-electron chi connectivity index (χ3n) is 6.38. The second-order valence-corrected chi connectivity index (χ2v) is 9.53. The van der Waals surface area contributed by atoms with Crippen LogP contribution < -0.4 is 0 Å². The van der Waals surface area contributed by atoms with Gasteiger partial charge >= 0.3 is 0 Å². The van der Waals surface area contributed by atoms with Crippen LogP contribution in [0.1, 0.15) is 50.8 Å². The van der Waals surface area contributed by atoms with Crippen LogP contribution in [0.3, 0.4) is 0 Å². The molecule has 1 heterocycles. The van der Waals surface area contributed by atoms with E-state index < -0.39 is 0 Å². The highest BCUT2D eigenvalue weighted by Crippen LogP contribution is 2.44. The first-order chi connectivity index (χ1) is 14.1. The van der Waals surface area contributed by atoms with E-state index >= 15 is 0 Å². The Morgan fingerprint density at radius 1 is 0.897 bits per heavy atom. The topological polar surface area (TPSA) is 12.4 Å². The maximum atomic E-state index is 4.89.